The molecule has 12 heteroatoms. The maximum Gasteiger partial charge on any atom is 2.00 e. The average molecular weight is 779 g/mol. The molecule has 0 atom stereocenters. The van der Waals surface area contributed by atoms with Crippen molar-refractivity contribution in [3.8, 4) is 5.75 Å². The second kappa shape index (κ2) is 38.2. The van der Waals surface area contributed by atoms with Gasteiger partial charge in [0.2, 0.25) is 0 Å². The fourth-order valence-corrected chi connectivity index (χ4v) is 2.17. The summed E-state index contributed by atoms with van der Waals surface area (Å²) in [5, 5.41) is 0.118. The Hall–Kier alpha value is 1.17. The second-order valence-corrected chi connectivity index (χ2v) is 6.73. The van der Waals surface area contributed by atoms with E-state index >= 15 is 0 Å². The molecule has 0 spiro atoms. The third-order valence-corrected chi connectivity index (χ3v) is 4.10. The summed E-state index contributed by atoms with van der Waals surface area (Å²) >= 11 is 5.30. The molecule has 0 saturated heterocycles. The molecule has 1 nitrogen and oxygen atoms in total. The van der Waals surface area contributed by atoms with E-state index in [1.165, 1.54) is 35.9 Å². The van der Waals surface area contributed by atoms with Gasteiger partial charge in [-0.05, 0) is 5.02 Å². The average Bonchev–Trinajstić information content (AvgIpc) is 2.80. The molecule has 4 aromatic carbocycles. The number of halogens is 7. The summed E-state index contributed by atoms with van der Waals surface area (Å²) in [5.74, 6) is 0.162. The molecule has 0 saturated carbocycles. The minimum Gasteiger partial charge on any atom is -1.00 e. The smallest absolute Gasteiger partial charge is 1.00 e. The summed E-state index contributed by atoms with van der Waals surface area (Å²) < 4.78 is 29.2. The number of hydrogen-bond acceptors (Lipinski definition) is 1. The van der Waals surface area contributed by atoms with E-state index < -0.39 is 5.82 Å². The van der Waals surface area contributed by atoms with Gasteiger partial charge in [0, 0.05) is 11.6 Å². The number of benzene rings is 4. The monoisotopic (exact) mass is 774 g/mol. The Bertz CT molecular complexity index is 971. The van der Waals surface area contributed by atoms with E-state index in [0.717, 1.165) is 11.3 Å². The maximum absolute atomic E-state index is 12.2. The van der Waals surface area contributed by atoms with E-state index in [2.05, 4.69) is 39.0 Å². The van der Waals surface area contributed by atoms with Crippen LogP contribution < -0.4 is 63.5 Å². The molecule has 0 fully saturated rings. The number of aryl methyl sites for hydroxylation is 1. The molecule has 0 aliphatic carbocycles. The topological polar surface area (TPSA) is 9.23 Å². The first-order valence-electron chi connectivity index (χ1n) is 9.60. The second-order valence-electron chi connectivity index (χ2n) is 6.33. The molecule has 0 radical (unpaired) electrons. The zero-order chi connectivity index (χ0) is 23.8. The van der Waals surface area contributed by atoms with E-state index in [4.69, 9.17) is 16.3 Å². The van der Waals surface area contributed by atoms with Crippen LogP contribution in [-0.2, 0) is 0 Å². The van der Waals surface area contributed by atoms with E-state index in [9.17, 15) is 8.78 Å². The van der Waals surface area contributed by atoms with Crippen molar-refractivity contribution < 1.29 is 72.3 Å². The first kappa shape index (κ1) is 60.4. The van der Waals surface area contributed by atoms with Crippen LogP contribution in [0.5, 0.6) is 5.75 Å². The van der Waals surface area contributed by atoms with Crippen LogP contribution >= 0.6 is 11.6 Å². The molecule has 40 heavy (non-hydrogen) atoms. The number of para-hydroxylation sites is 1. The normalized spacial score (nSPS) is 7.22. The van der Waals surface area contributed by atoms with Gasteiger partial charge in [0.1, 0.15) is 0 Å². The summed E-state index contributed by atoms with van der Waals surface area (Å²) in [6, 6.07) is 31.4. The SMILES string of the molecule is COc1[c-]cccc1.Fc1cc[c-]cc1Cl.[Br-].[Br-].[CH2-]c1cccc(F)c1.[CH2-]c1ccccc1C.[Cl-].[Cl-].[Mg+2].[Mg+2].[Mg+2].[Mg+2]. The summed E-state index contributed by atoms with van der Waals surface area (Å²) in [6.07, 6.45) is 0. The van der Waals surface area contributed by atoms with Crippen molar-refractivity contribution in [1.29, 1.82) is 0 Å². The fraction of sp³-hybridized carbons (Fsp3) is 0.0714. The van der Waals surface area contributed by atoms with E-state index in [-0.39, 0.29) is 162 Å². The minimum atomic E-state index is -0.398. The quantitative estimate of drug-likeness (QED) is 0.139. The van der Waals surface area contributed by atoms with Crippen molar-refractivity contribution in [3.63, 3.8) is 0 Å². The van der Waals surface area contributed by atoms with Crippen molar-refractivity contribution in [2.45, 2.75) is 6.92 Å². The van der Waals surface area contributed by atoms with Gasteiger partial charge in [0.15, 0.2) is 0 Å². The maximum atomic E-state index is 12.2. The van der Waals surface area contributed by atoms with Crippen molar-refractivity contribution in [2.24, 2.45) is 0 Å². The van der Waals surface area contributed by atoms with Gasteiger partial charge in [-0.25, -0.2) is 8.78 Å². The van der Waals surface area contributed by atoms with Gasteiger partial charge in [-0.3, -0.25) is 0 Å². The van der Waals surface area contributed by atoms with Crippen LogP contribution in [0.4, 0.5) is 8.78 Å². The molecular weight excluding hydrogens is 754 g/mol. The first-order valence-corrected chi connectivity index (χ1v) is 9.98. The van der Waals surface area contributed by atoms with Crippen LogP contribution in [0.25, 0.3) is 0 Å². The van der Waals surface area contributed by atoms with Gasteiger partial charge in [-0.1, -0.05) is 19.1 Å². The van der Waals surface area contributed by atoms with Crippen LogP contribution in [0.1, 0.15) is 16.7 Å². The molecule has 0 heterocycles. The molecule has 0 aliphatic rings. The molecule has 0 aliphatic heterocycles. The van der Waals surface area contributed by atoms with E-state index in [1.807, 2.05) is 42.5 Å². The van der Waals surface area contributed by atoms with Crippen molar-refractivity contribution >= 4 is 104 Å². The molecule has 0 aromatic heterocycles. The molecular formula is C28H25Br2Cl3F2Mg4O. The Morgan fingerprint density at radius 3 is 1.65 bits per heavy atom. The van der Waals surface area contributed by atoms with Crippen LogP contribution in [0.3, 0.4) is 0 Å². The Labute approximate surface area is 341 Å². The third kappa shape index (κ3) is 30.6. The van der Waals surface area contributed by atoms with Crippen LogP contribution in [0.15, 0.2) is 91.0 Å². The number of methoxy groups -OCH3 is 1. The molecule has 4 rings (SSSR count). The largest absolute Gasteiger partial charge is 2.00 e. The third-order valence-electron chi connectivity index (χ3n) is 3.81. The molecule has 4 aromatic rings. The van der Waals surface area contributed by atoms with Crippen molar-refractivity contribution in [1.82, 2.24) is 0 Å². The van der Waals surface area contributed by atoms with Gasteiger partial charge < -0.3 is 63.5 Å². The molecule has 200 valence electrons. The Balaban J connectivity index is -0.0000000533. The van der Waals surface area contributed by atoms with Crippen LogP contribution in [0, 0.1) is 44.5 Å². The fourth-order valence-electron chi connectivity index (χ4n) is 2.04. The van der Waals surface area contributed by atoms with E-state index in [1.54, 1.807) is 19.2 Å². The zero-order valence-electron chi connectivity index (χ0n) is 22.5. The van der Waals surface area contributed by atoms with Gasteiger partial charge in [-0.2, -0.15) is 90.7 Å². The predicted molar refractivity (Wildman–Crippen MR) is 152 cm³/mol. The molecule has 0 unspecified atom stereocenters. The minimum absolute atomic E-state index is 0. The number of rotatable bonds is 1. The standard InChI is InChI=1S/C8H9.C7H6F.C7H7O.C6H3ClF.2BrH.2ClH.4Mg/c1-7-5-3-4-6-8(7)2;1-6-3-2-4-7(8)5-6;1-8-7-5-3-2-4-6-7;7-5-3-1-2-4-6(5)8;;;;;;;;/h3-6H,1H2,2H3;2-5H,1H2;2-5H,1H3;2-4H;4*1H;;;;/q4*-1;;;;;4*+2/p-4. The van der Waals surface area contributed by atoms with Gasteiger partial charge in [-0.15, -0.1) is 42.5 Å². The molecule has 0 amide bonds. The summed E-state index contributed by atoms with van der Waals surface area (Å²) in [5.41, 5.74) is 3.09. The summed E-state index contributed by atoms with van der Waals surface area (Å²) in [7, 11) is 1.63. The van der Waals surface area contributed by atoms with E-state index in [0.29, 0.717) is 5.56 Å². The van der Waals surface area contributed by atoms with Gasteiger partial charge in [0.05, 0.1) is 12.9 Å². The van der Waals surface area contributed by atoms with Crippen LogP contribution in [-0.4, -0.2) is 99.3 Å². The van der Waals surface area contributed by atoms with Crippen molar-refractivity contribution in [2.75, 3.05) is 7.11 Å². The summed E-state index contributed by atoms with van der Waals surface area (Å²) in [6.45, 7) is 9.42. The predicted octanol–water partition coefficient (Wildman–Crippen LogP) is -5.55. The van der Waals surface area contributed by atoms with Gasteiger partial charge in [0.25, 0.3) is 0 Å². The number of ether oxygens (including phenoxy) is 1. The van der Waals surface area contributed by atoms with Crippen LogP contribution in [0.2, 0.25) is 5.02 Å². The number of hydrogen-bond donors (Lipinski definition) is 0. The Morgan fingerprint density at radius 1 is 0.775 bits per heavy atom. The first-order chi connectivity index (χ1) is 15.3. The summed E-state index contributed by atoms with van der Waals surface area (Å²) in [4.78, 5) is 0. The van der Waals surface area contributed by atoms with Gasteiger partial charge >= 0.3 is 92.2 Å². The zero-order valence-corrected chi connectivity index (χ0v) is 33.6. The van der Waals surface area contributed by atoms with Crippen molar-refractivity contribution in [3.05, 3.63) is 150 Å². The Kier molecular flexibility index (Phi) is 57.7. The molecule has 0 bridgehead atoms. The molecule has 0 N–H and O–H groups in total. The Morgan fingerprint density at radius 2 is 1.35 bits per heavy atom.